The molecule has 0 radical (unpaired) electrons. The Morgan fingerprint density at radius 2 is 1.95 bits per heavy atom. The van der Waals surface area contributed by atoms with Crippen LogP contribution in [0, 0.1) is 0 Å². The molecular weight excluding hydrogens is 290 g/mol. The summed E-state index contributed by atoms with van der Waals surface area (Å²) >= 11 is 6.04. The minimum atomic E-state index is -2.91. The van der Waals surface area contributed by atoms with Crippen molar-refractivity contribution in [1.29, 1.82) is 0 Å². The van der Waals surface area contributed by atoms with Gasteiger partial charge in [-0.2, -0.15) is 0 Å². The molecule has 1 aliphatic heterocycles. The first-order chi connectivity index (χ1) is 8.87. The Morgan fingerprint density at radius 1 is 1.32 bits per heavy atom. The fourth-order valence-corrected chi connectivity index (χ4v) is 3.43. The summed E-state index contributed by atoms with van der Waals surface area (Å²) < 4.78 is 22.7. The molecule has 0 saturated carbocycles. The molecule has 1 aromatic carbocycles. The molecule has 5 nitrogen and oxygen atoms in total. The van der Waals surface area contributed by atoms with Crippen LogP contribution in [0.25, 0.3) is 0 Å². The van der Waals surface area contributed by atoms with E-state index in [0.717, 1.165) is 0 Å². The number of carbonyl (C=O) groups is 1. The minimum absolute atomic E-state index is 0.142. The van der Waals surface area contributed by atoms with Crippen molar-refractivity contribution in [2.45, 2.75) is 6.54 Å². The monoisotopic (exact) mass is 303 g/mol. The largest absolute Gasteiger partial charge is 0.478 e. The first-order valence-electron chi connectivity index (χ1n) is 5.82. The second kappa shape index (κ2) is 5.48. The summed E-state index contributed by atoms with van der Waals surface area (Å²) in [6.07, 6.45) is 0. The lowest BCUT2D eigenvalue weighted by atomic mass is 10.1. The van der Waals surface area contributed by atoms with E-state index in [1.807, 2.05) is 4.90 Å². The average Bonchev–Trinajstić information content (AvgIpc) is 2.34. The Balaban J connectivity index is 2.11. The van der Waals surface area contributed by atoms with Crippen molar-refractivity contribution < 1.29 is 18.3 Å². The average molecular weight is 304 g/mol. The molecule has 0 atom stereocenters. The Morgan fingerprint density at radius 3 is 2.53 bits per heavy atom. The van der Waals surface area contributed by atoms with Crippen LogP contribution in [0.3, 0.4) is 0 Å². The Bertz CT molecular complexity index is 586. The topological polar surface area (TPSA) is 74.7 Å². The van der Waals surface area contributed by atoms with Gasteiger partial charge in [-0.15, -0.1) is 0 Å². The number of hydrogen-bond acceptors (Lipinski definition) is 4. The van der Waals surface area contributed by atoms with Gasteiger partial charge in [0.15, 0.2) is 9.84 Å². The highest BCUT2D eigenvalue weighted by molar-refractivity contribution is 7.91. The van der Waals surface area contributed by atoms with Crippen molar-refractivity contribution in [2.75, 3.05) is 24.6 Å². The molecule has 0 unspecified atom stereocenters. The fraction of sp³-hybridized carbons (Fsp3) is 0.417. The Kier molecular flexibility index (Phi) is 4.13. The first kappa shape index (κ1) is 14.3. The van der Waals surface area contributed by atoms with Gasteiger partial charge in [0.05, 0.1) is 17.1 Å². The predicted molar refractivity (Wildman–Crippen MR) is 72.3 cm³/mol. The molecular formula is C12H14ClNO4S. The number of halogens is 1. The quantitative estimate of drug-likeness (QED) is 0.910. The highest BCUT2D eigenvalue weighted by Crippen LogP contribution is 2.20. The minimum Gasteiger partial charge on any atom is -0.478 e. The van der Waals surface area contributed by atoms with Gasteiger partial charge in [0.1, 0.15) is 0 Å². The maximum atomic E-state index is 11.3. The van der Waals surface area contributed by atoms with E-state index in [4.69, 9.17) is 16.7 Å². The normalized spacial score (nSPS) is 19.2. The number of sulfone groups is 1. The number of carboxylic acid groups (broad SMARTS) is 1. The molecule has 1 saturated heterocycles. The van der Waals surface area contributed by atoms with E-state index in [0.29, 0.717) is 30.2 Å². The summed E-state index contributed by atoms with van der Waals surface area (Å²) in [5.74, 6) is -0.717. The fourth-order valence-electron chi connectivity index (χ4n) is 1.98. The van der Waals surface area contributed by atoms with Crippen LogP contribution in [0.2, 0.25) is 5.02 Å². The van der Waals surface area contributed by atoms with E-state index in [2.05, 4.69) is 0 Å². The van der Waals surface area contributed by atoms with Crippen LogP contribution in [0.15, 0.2) is 18.2 Å². The van der Waals surface area contributed by atoms with E-state index >= 15 is 0 Å². The summed E-state index contributed by atoms with van der Waals surface area (Å²) in [7, 11) is -2.91. The number of carboxylic acids is 1. The molecule has 0 amide bonds. The summed E-state index contributed by atoms with van der Waals surface area (Å²) in [6, 6.07) is 4.55. The van der Waals surface area contributed by atoms with Gasteiger partial charge in [-0.1, -0.05) is 11.6 Å². The highest BCUT2D eigenvalue weighted by Gasteiger charge is 2.22. The zero-order valence-corrected chi connectivity index (χ0v) is 11.7. The van der Waals surface area contributed by atoms with Gasteiger partial charge in [-0.3, -0.25) is 4.90 Å². The molecule has 2 rings (SSSR count). The molecule has 1 fully saturated rings. The van der Waals surface area contributed by atoms with E-state index in [9.17, 15) is 13.2 Å². The van der Waals surface area contributed by atoms with Crippen molar-refractivity contribution in [3.05, 3.63) is 34.3 Å². The molecule has 0 spiro atoms. The molecule has 1 aromatic rings. The maximum absolute atomic E-state index is 11.3. The van der Waals surface area contributed by atoms with Gasteiger partial charge in [0.25, 0.3) is 0 Å². The van der Waals surface area contributed by atoms with Gasteiger partial charge >= 0.3 is 5.97 Å². The second-order valence-electron chi connectivity index (χ2n) is 4.54. The second-order valence-corrected chi connectivity index (χ2v) is 7.25. The van der Waals surface area contributed by atoms with Crippen LogP contribution in [0.1, 0.15) is 15.9 Å². The Labute approximate surface area is 116 Å². The molecule has 0 aliphatic carbocycles. The van der Waals surface area contributed by atoms with E-state index in [-0.39, 0.29) is 17.1 Å². The van der Waals surface area contributed by atoms with Crippen LogP contribution in [0.5, 0.6) is 0 Å². The molecule has 19 heavy (non-hydrogen) atoms. The van der Waals surface area contributed by atoms with E-state index in [1.165, 1.54) is 12.1 Å². The van der Waals surface area contributed by atoms with E-state index < -0.39 is 15.8 Å². The van der Waals surface area contributed by atoms with Crippen molar-refractivity contribution in [3.63, 3.8) is 0 Å². The van der Waals surface area contributed by atoms with Crippen LogP contribution in [-0.2, 0) is 16.4 Å². The van der Waals surface area contributed by atoms with Gasteiger partial charge < -0.3 is 5.11 Å². The number of aromatic carboxylic acids is 1. The number of benzene rings is 1. The van der Waals surface area contributed by atoms with Crippen LogP contribution < -0.4 is 0 Å². The molecule has 1 N–H and O–H groups in total. The van der Waals surface area contributed by atoms with E-state index in [1.54, 1.807) is 6.07 Å². The summed E-state index contributed by atoms with van der Waals surface area (Å²) in [4.78, 5) is 12.9. The lowest BCUT2D eigenvalue weighted by molar-refractivity contribution is 0.0696. The number of rotatable bonds is 3. The molecule has 1 aliphatic rings. The number of nitrogens with zero attached hydrogens (tertiary/aromatic N) is 1. The van der Waals surface area contributed by atoms with Gasteiger partial charge in [0, 0.05) is 24.7 Å². The molecule has 1 heterocycles. The first-order valence-corrected chi connectivity index (χ1v) is 8.02. The van der Waals surface area contributed by atoms with Gasteiger partial charge in [-0.05, 0) is 23.8 Å². The summed E-state index contributed by atoms with van der Waals surface area (Å²) in [5.41, 5.74) is 0.893. The maximum Gasteiger partial charge on any atom is 0.335 e. The molecule has 7 heteroatoms. The zero-order valence-electron chi connectivity index (χ0n) is 10.2. The van der Waals surface area contributed by atoms with Crippen molar-refractivity contribution in [2.24, 2.45) is 0 Å². The lowest BCUT2D eigenvalue weighted by Gasteiger charge is -2.26. The highest BCUT2D eigenvalue weighted by atomic mass is 35.5. The summed E-state index contributed by atoms with van der Waals surface area (Å²) in [6.45, 7) is 1.38. The zero-order chi connectivity index (χ0) is 14.0. The van der Waals surface area contributed by atoms with Gasteiger partial charge in [0.2, 0.25) is 0 Å². The molecule has 0 aromatic heterocycles. The van der Waals surface area contributed by atoms with Crippen LogP contribution in [0.4, 0.5) is 0 Å². The van der Waals surface area contributed by atoms with Crippen molar-refractivity contribution in [1.82, 2.24) is 4.90 Å². The van der Waals surface area contributed by atoms with Crippen molar-refractivity contribution >= 4 is 27.4 Å². The smallest absolute Gasteiger partial charge is 0.335 e. The predicted octanol–water partition coefficient (Wildman–Crippen LogP) is 1.27. The SMILES string of the molecule is O=C(O)c1ccc(Cl)c(CN2CCS(=O)(=O)CC2)c1. The number of hydrogen-bond donors (Lipinski definition) is 1. The standard InChI is InChI=1S/C12H14ClNO4S/c13-11-2-1-9(12(15)16)7-10(11)8-14-3-5-19(17,18)6-4-14/h1-2,7H,3-6,8H2,(H,15,16). The summed E-state index contributed by atoms with van der Waals surface area (Å²) in [5, 5.41) is 9.44. The third-order valence-corrected chi connectivity index (χ3v) is 5.10. The lowest BCUT2D eigenvalue weighted by Crippen LogP contribution is -2.39. The third-order valence-electron chi connectivity index (χ3n) is 3.12. The van der Waals surface area contributed by atoms with Gasteiger partial charge in [-0.25, -0.2) is 13.2 Å². The van der Waals surface area contributed by atoms with Crippen LogP contribution >= 0.6 is 11.6 Å². The van der Waals surface area contributed by atoms with Crippen molar-refractivity contribution in [3.8, 4) is 0 Å². The van der Waals surface area contributed by atoms with Crippen LogP contribution in [-0.4, -0.2) is 49.0 Å². The Hall–Kier alpha value is -1.11. The third kappa shape index (κ3) is 3.68. The molecule has 104 valence electrons. The molecule has 0 bridgehead atoms.